The van der Waals surface area contributed by atoms with Crippen LogP contribution in [-0.2, 0) is 0 Å². The fourth-order valence-electron chi connectivity index (χ4n) is 3.26. The maximum absolute atomic E-state index is 10.3. The first-order valence-electron chi connectivity index (χ1n) is 5.45. The maximum atomic E-state index is 10.3. The summed E-state index contributed by atoms with van der Waals surface area (Å²) in [5.74, 6) is 0. The van der Waals surface area contributed by atoms with Crippen LogP contribution < -0.4 is 0 Å². The van der Waals surface area contributed by atoms with Gasteiger partial charge in [-0.15, -0.1) is 0 Å². The third-order valence-electron chi connectivity index (χ3n) is 4.40. The first kappa shape index (κ1) is 8.55. The molecule has 2 rings (SSSR count). The molecule has 0 saturated heterocycles. The molecule has 0 aromatic heterocycles. The van der Waals surface area contributed by atoms with Crippen molar-refractivity contribution in [2.45, 2.75) is 63.9 Å². The summed E-state index contributed by atoms with van der Waals surface area (Å²) in [6.07, 6.45) is 9.98. The predicted octanol–water partition coefficient (Wildman–Crippen LogP) is 2.87. The van der Waals surface area contributed by atoms with Crippen LogP contribution in [0, 0.1) is 5.41 Å². The molecular weight excluding hydrogens is 148 g/mol. The Kier molecular flexibility index (Phi) is 1.95. The Hall–Kier alpha value is -0.0400. The topological polar surface area (TPSA) is 20.2 Å². The molecule has 0 bridgehead atoms. The summed E-state index contributed by atoms with van der Waals surface area (Å²) in [4.78, 5) is 0. The first-order valence-corrected chi connectivity index (χ1v) is 5.45. The SMILES string of the molecule is CCC1(O)CCC12CCCCC2. The largest absolute Gasteiger partial charge is 0.389 e. The average Bonchev–Trinajstić information content (AvgIpc) is 2.16. The molecule has 2 saturated carbocycles. The van der Waals surface area contributed by atoms with Gasteiger partial charge in [0.2, 0.25) is 0 Å². The smallest absolute Gasteiger partial charge is 0.0701 e. The molecule has 0 aromatic carbocycles. The van der Waals surface area contributed by atoms with E-state index >= 15 is 0 Å². The van der Waals surface area contributed by atoms with E-state index in [1.807, 2.05) is 0 Å². The number of aliphatic hydroxyl groups is 1. The molecule has 2 aliphatic carbocycles. The van der Waals surface area contributed by atoms with Crippen molar-refractivity contribution in [1.82, 2.24) is 0 Å². The molecular formula is C11H20O. The van der Waals surface area contributed by atoms with Gasteiger partial charge in [0, 0.05) is 0 Å². The van der Waals surface area contributed by atoms with Crippen LogP contribution >= 0.6 is 0 Å². The third kappa shape index (κ3) is 0.953. The van der Waals surface area contributed by atoms with E-state index in [1.54, 1.807) is 0 Å². The quantitative estimate of drug-likeness (QED) is 0.638. The monoisotopic (exact) mass is 168 g/mol. The zero-order chi connectivity index (χ0) is 8.66. The summed E-state index contributed by atoms with van der Waals surface area (Å²) in [5.41, 5.74) is 0.0907. The van der Waals surface area contributed by atoms with Crippen molar-refractivity contribution in [3.8, 4) is 0 Å². The number of hydrogen-bond donors (Lipinski definition) is 1. The fourth-order valence-corrected chi connectivity index (χ4v) is 3.26. The highest BCUT2D eigenvalue weighted by Gasteiger charge is 2.56. The third-order valence-corrected chi connectivity index (χ3v) is 4.40. The molecule has 70 valence electrons. The van der Waals surface area contributed by atoms with E-state index in [9.17, 15) is 5.11 Å². The first-order chi connectivity index (χ1) is 5.72. The molecule has 0 heterocycles. The highest BCUT2D eigenvalue weighted by Crippen LogP contribution is 2.59. The summed E-state index contributed by atoms with van der Waals surface area (Å²) in [6, 6.07) is 0. The van der Waals surface area contributed by atoms with Gasteiger partial charge in [-0.25, -0.2) is 0 Å². The second-order valence-electron chi connectivity index (χ2n) is 4.73. The number of hydrogen-bond acceptors (Lipinski definition) is 1. The van der Waals surface area contributed by atoms with Crippen molar-refractivity contribution in [2.24, 2.45) is 5.41 Å². The molecule has 0 amide bonds. The molecule has 0 aliphatic heterocycles. The van der Waals surface area contributed by atoms with E-state index in [-0.39, 0.29) is 5.60 Å². The van der Waals surface area contributed by atoms with Crippen molar-refractivity contribution in [3.05, 3.63) is 0 Å². The van der Waals surface area contributed by atoms with E-state index < -0.39 is 0 Å². The van der Waals surface area contributed by atoms with E-state index in [2.05, 4.69) is 6.92 Å². The Labute approximate surface area is 75.2 Å². The molecule has 0 radical (unpaired) electrons. The maximum Gasteiger partial charge on any atom is 0.0701 e. The van der Waals surface area contributed by atoms with Gasteiger partial charge in [0.25, 0.3) is 0 Å². The zero-order valence-electron chi connectivity index (χ0n) is 8.10. The minimum Gasteiger partial charge on any atom is -0.389 e. The van der Waals surface area contributed by atoms with Crippen LogP contribution in [-0.4, -0.2) is 10.7 Å². The van der Waals surface area contributed by atoms with Crippen LogP contribution in [0.1, 0.15) is 58.3 Å². The van der Waals surface area contributed by atoms with Crippen LogP contribution in [0.4, 0.5) is 0 Å². The molecule has 1 nitrogen and oxygen atoms in total. The normalized spacial score (nSPS) is 39.5. The van der Waals surface area contributed by atoms with Crippen LogP contribution in [0.5, 0.6) is 0 Å². The Morgan fingerprint density at radius 3 is 2.08 bits per heavy atom. The van der Waals surface area contributed by atoms with Gasteiger partial charge in [-0.3, -0.25) is 0 Å². The van der Waals surface area contributed by atoms with Crippen molar-refractivity contribution in [2.75, 3.05) is 0 Å². The molecule has 1 heteroatoms. The predicted molar refractivity (Wildman–Crippen MR) is 50.0 cm³/mol. The lowest BCUT2D eigenvalue weighted by atomic mass is 9.50. The average molecular weight is 168 g/mol. The molecule has 2 fully saturated rings. The van der Waals surface area contributed by atoms with Crippen LogP contribution in [0.25, 0.3) is 0 Å². The highest BCUT2D eigenvalue weighted by atomic mass is 16.3. The molecule has 12 heavy (non-hydrogen) atoms. The summed E-state index contributed by atoms with van der Waals surface area (Å²) >= 11 is 0. The van der Waals surface area contributed by atoms with Crippen molar-refractivity contribution < 1.29 is 5.11 Å². The van der Waals surface area contributed by atoms with Crippen LogP contribution in [0.15, 0.2) is 0 Å². The Morgan fingerprint density at radius 1 is 1.00 bits per heavy atom. The minimum absolute atomic E-state index is 0.270. The lowest BCUT2D eigenvalue weighted by Crippen LogP contribution is -2.57. The van der Waals surface area contributed by atoms with Crippen molar-refractivity contribution in [3.63, 3.8) is 0 Å². The standard InChI is InChI=1S/C11H20O/c1-2-11(12)9-8-10(11)6-4-3-5-7-10/h12H,2-9H2,1H3. The highest BCUT2D eigenvalue weighted by molar-refractivity contribution is 5.07. The molecule has 2 aliphatic rings. The van der Waals surface area contributed by atoms with Gasteiger partial charge in [0.1, 0.15) is 0 Å². The van der Waals surface area contributed by atoms with Crippen LogP contribution in [0.3, 0.4) is 0 Å². The fraction of sp³-hybridized carbons (Fsp3) is 1.00. The van der Waals surface area contributed by atoms with Crippen molar-refractivity contribution in [1.29, 1.82) is 0 Å². The van der Waals surface area contributed by atoms with Gasteiger partial charge in [-0.2, -0.15) is 0 Å². The Morgan fingerprint density at radius 2 is 1.67 bits per heavy atom. The van der Waals surface area contributed by atoms with E-state index in [4.69, 9.17) is 0 Å². The summed E-state index contributed by atoms with van der Waals surface area (Å²) in [7, 11) is 0. The van der Waals surface area contributed by atoms with Crippen molar-refractivity contribution >= 4 is 0 Å². The Bertz CT molecular complexity index is 166. The van der Waals surface area contributed by atoms with Gasteiger partial charge in [-0.1, -0.05) is 26.2 Å². The Balaban J connectivity index is 2.09. The number of rotatable bonds is 1. The molecule has 1 N–H and O–H groups in total. The van der Waals surface area contributed by atoms with Gasteiger partial charge >= 0.3 is 0 Å². The lowest BCUT2D eigenvalue weighted by molar-refractivity contribution is -0.184. The summed E-state index contributed by atoms with van der Waals surface area (Å²) in [5, 5.41) is 10.3. The molecule has 0 aromatic rings. The summed E-state index contributed by atoms with van der Waals surface area (Å²) in [6.45, 7) is 2.13. The zero-order valence-corrected chi connectivity index (χ0v) is 8.10. The van der Waals surface area contributed by atoms with E-state index in [1.165, 1.54) is 38.5 Å². The van der Waals surface area contributed by atoms with Gasteiger partial charge < -0.3 is 5.11 Å². The molecule has 1 unspecified atom stereocenters. The molecule has 1 atom stereocenters. The lowest BCUT2D eigenvalue weighted by Gasteiger charge is -2.58. The van der Waals surface area contributed by atoms with Gasteiger partial charge in [0.05, 0.1) is 5.60 Å². The second kappa shape index (κ2) is 2.73. The van der Waals surface area contributed by atoms with E-state index in [0.717, 1.165) is 12.8 Å². The van der Waals surface area contributed by atoms with E-state index in [0.29, 0.717) is 5.41 Å². The van der Waals surface area contributed by atoms with Gasteiger partial charge in [0.15, 0.2) is 0 Å². The van der Waals surface area contributed by atoms with Gasteiger partial charge in [-0.05, 0) is 37.5 Å². The second-order valence-corrected chi connectivity index (χ2v) is 4.73. The van der Waals surface area contributed by atoms with Crippen LogP contribution in [0.2, 0.25) is 0 Å². The minimum atomic E-state index is -0.270. The summed E-state index contributed by atoms with van der Waals surface area (Å²) < 4.78 is 0. The molecule has 1 spiro atoms.